The van der Waals surface area contributed by atoms with Crippen LogP contribution in [0.1, 0.15) is 6.85 Å². The summed E-state index contributed by atoms with van der Waals surface area (Å²) in [6.07, 6.45) is 0. The van der Waals surface area contributed by atoms with Crippen LogP contribution >= 0.6 is 11.3 Å². The van der Waals surface area contributed by atoms with Gasteiger partial charge in [-0.05, 0) is 64.3 Å². The average molecular weight is 637 g/mol. The highest BCUT2D eigenvalue weighted by molar-refractivity contribution is 7.25. The van der Waals surface area contributed by atoms with Gasteiger partial charge in [0.1, 0.15) is 11.2 Å². The molecule has 48 heavy (non-hydrogen) atoms. The normalized spacial score (nSPS) is 13.2. The molecule has 0 fully saturated rings. The van der Waals surface area contributed by atoms with Crippen LogP contribution in [-0.2, 0) is 0 Å². The molecule has 7 aromatic carbocycles. The van der Waals surface area contributed by atoms with Crippen LogP contribution in [0.5, 0.6) is 0 Å². The lowest BCUT2D eigenvalue weighted by atomic mass is 9.92. The fraction of sp³-hybridized carbons (Fsp3) is 0. The second kappa shape index (κ2) is 10.7. The first-order chi connectivity index (χ1) is 25.8. The number of rotatable bonds is 4. The first-order valence-electron chi connectivity index (χ1n) is 18.0. The summed E-state index contributed by atoms with van der Waals surface area (Å²) < 4.78 is 51.3. The second-order valence-electron chi connectivity index (χ2n) is 11.6. The topological polar surface area (TPSA) is 51.8 Å². The molecule has 0 aliphatic heterocycles. The standard InChI is InChI=1S/C43H25N3OS/c1-2-11-26(12-3-1)41-44-42(27-21-24-39-35(25-27)31-15-7-9-20-38(31)48-39)46-43(45-41)33-23-22-30(28-13-4-5-14-29(28)33)32-17-10-19-37-40(32)34-16-6-8-18-36(34)47-37/h1-25H/i6D,8D,17D,18D,19D. The Morgan fingerprint density at radius 3 is 2.04 bits per heavy atom. The van der Waals surface area contributed by atoms with Gasteiger partial charge in [0.05, 0.1) is 6.85 Å². The van der Waals surface area contributed by atoms with Crippen molar-refractivity contribution >= 4 is 64.2 Å². The third kappa shape index (κ3) is 4.25. The van der Waals surface area contributed by atoms with Crippen molar-refractivity contribution in [3.8, 4) is 45.3 Å². The van der Waals surface area contributed by atoms with Crippen LogP contribution in [0.25, 0.3) is 98.2 Å². The highest BCUT2D eigenvalue weighted by Crippen LogP contribution is 2.42. The zero-order chi connectivity index (χ0) is 36.0. The van der Waals surface area contributed by atoms with E-state index in [0.29, 0.717) is 33.8 Å². The van der Waals surface area contributed by atoms with Crippen molar-refractivity contribution in [3.05, 3.63) is 152 Å². The number of nitrogens with zero attached hydrogens (tertiary/aromatic N) is 3. The summed E-state index contributed by atoms with van der Waals surface area (Å²) in [6, 6.07) is 38.8. The van der Waals surface area contributed by atoms with E-state index in [0.717, 1.165) is 38.4 Å². The van der Waals surface area contributed by atoms with E-state index in [1.54, 1.807) is 11.3 Å². The molecule has 0 aliphatic carbocycles. The van der Waals surface area contributed by atoms with Crippen molar-refractivity contribution in [2.45, 2.75) is 0 Å². The summed E-state index contributed by atoms with van der Waals surface area (Å²) in [5.74, 6) is 1.60. The van der Waals surface area contributed by atoms with E-state index >= 15 is 0 Å². The molecule has 4 nitrogen and oxygen atoms in total. The molecule has 0 aliphatic rings. The fourth-order valence-corrected chi connectivity index (χ4v) is 7.69. The van der Waals surface area contributed by atoms with E-state index in [9.17, 15) is 0 Å². The van der Waals surface area contributed by atoms with Gasteiger partial charge in [-0.15, -0.1) is 11.3 Å². The summed E-state index contributed by atoms with van der Waals surface area (Å²) in [6.45, 7) is 0. The lowest BCUT2D eigenvalue weighted by Crippen LogP contribution is -2.00. The van der Waals surface area contributed by atoms with Crippen molar-refractivity contribution in [2.24, 2.45) is 0 Å². The van der Waals surface area contributed by atoms with E-state index in [-0.39, 0.29) is 41.4 Å². The van der Waals surface area contributed by atoms with E-state index in [1.165, 1.54) is 26.9 Å². The Bertz CT molecular complexity index is 3140. The van der Waals surface area contributed by atoms with Crippen molar-refractivity contribution in [1.82, 2.24) is 15.0 Å². The number of thiophene rings is 1. The monoisotopic (exact) mass is 636 g/mol. The maximum absolute atomic E-state index is 9.11. The molecule has 0 N–H and O–H groups in total. The molecular formula is C43H25N3OS. The molecule has 0 bridgehead atoms. The average Bonchev–Trinajstić information content (AvgIpc) is 3.76. The van der Waals surface area contributed by atoms with Gasteiger partial charge in [0.2, 0.25) is 0 Å². The number of fused-ring (bicyclic) bond motifs is 7. The van der Waals surface area contributed by atoms with E-state index in [1.807, 2.05) is 66.7 Å². The molecule has 5 heteroatoms. The van der Waals surface area contributed by atoms with Gasteiger partial charge in [0, 0.05) is 47.6 Å². The van der Waals surface area contributed by atoms with Gasteiger partial charge in [-0.25, -0.2) is 15.0 Å². The Morgan fingerprint density at radius 2 is 1.17 bits per heavy atom. The van der Waals surface area contributed by atoms with Crippen LogP contribution in [0.2, 0.25) is 0 Å². The molecule has 0 spiro atoms. The van der Waals surface area contributed by atoms with Gasteiger partial charge in [-0.3, -0.25) is 0 Å². The minimum absolute atomic E-state index is 0.00290. The molecule has 0 unspecified atom stereocenters. The Hall–Kier alpha value is -6.17. The molecular weight excluding hydrogens is 607 g/mol. The Balaban J connectivity index is 1.22. The van der Waals surface area contributed by atoms with Crippen LogP contribution < -0.4 is 0 Å². The van der Waals surface area contributed by atoms with Crippen molar-refractivity contribution in [1.29, 1.82) is 0 Å². The molecule has 0 radical (unpaired) electrons. The molecule has 0 saturated carbocycles. The number of para-hydroxylation sites is 1. The van der Waals surface area contributed by atoms with Gasteiger partial charge < -0.3 is 4.42 Å². The largest absolute Gasteiger partial charge is 0.456 e. The SMILES string of the molecule is [2H]c1cc2c(oc3c([2H])cc([2H])c(-c4ccc(-c5nc(-c6ccccc6)nc(-c6ccc7sc8ccccc8c7c6)n5)c5ccccc45)c32)c([2H])c1[2H]. The number of hydrogen-bond donors (Lipinski definition) is 0. The maximum atomic E-state index is 9.11. The summed E-state index contributed by atoms with van der Waals surface area (Å²) in [7, 11) is 0. The van der Waals surface area contributed by atoms with Crippen LogP contribution in [-0.4, -0.2) is 15.0 Å². The molecule has 0 amide bonds. The number of benzene rings is 7. The molecule has 0 atom stereocenters. The number of aromatic nitrogens is 3. The van der Waals surface area contributed by atoms with Gasteiger partial charge in [0.25, 0.3) is 0 Å². The third-order valence-corrected chi connectivity index (χ3v) is 9.97. The number of hydrogen-bond acceptors (Lipinski definition) is 5. The molecule has 224 valence electrons. The first-order valence-corrected chi connectivity index (χ1v) is 16.3. The van der Waals surface area contributed by atoms with Gasteiger partial charge in [-0.1, -0.05) is 109 Å². The summed E-state index contributed by atoms with van der Waals surface area (Å²) in [5, 5.41) is 4.93. The predicted molar refractivity (Wildman–Crippen MR) is 199 cm³/mol. The second-order valence-corrected chi connectivity index (χ2v) is 12.7. The molecule has 3 aromatic heterocycles. The highest BCUT2D eigenvalue weighted by Gasteiger charge is 2.19. The zero-order valence-corrected chi connectivity index (χ0v) is 26.0. The van der Waals surface area contributed by atoms with Crippen molar-refractivity contribution < 1.29 is 11.3 Å². The lowest BCUT2D eigenvalue weighted by Gasteiger charge is -2.14. The van der Waals surface area contributed by atoms with E-state index in [4.69, 9.17) is 26.2 Å². The Kier molecular flexibility index (Phi) is 4.98. The Labute approximate surface area is 286 Å². The third-order valence-electron chi connectivity index (χ3n) is 8.82. The van der Waals surface area contributed by atoms with E-state index < -0.39 is 0 Å². The summed E-state index contributed by atoms with van der Waals surface area (Å²) in [5.41, 5.74) is 4.11. The molecule has 10 aromatic rings. The first kappa shape index (κ1) is 22.4. The van der Waals surface area contributed by atoms with Crippen LogP contribution in [0.4, 0.5) is 0 Å². The minimum atomic E-state index is -0.249. The van der Waals surface area contributed by atoms with Crippen molar-refractivity contribution in [2.75, 3.05) is 0 Å². The van der Waals surface area contributed by atoms with Gasteiger partial charge in [0.15, 0.2) is 17.5 Å². The quantitative estimate of drug-likeness (QED) is 0.193. The number of furan rings is 1. The van der Waals surface area contributed by atoms with E-state index in [2.05, 4.69) is 42.5 Å². The van der Waals surface area contributed by atoms with Gasteiger partial charge in [-0.2, -0.15) is 0 Å². The minimum Gasteiger partial charge on any atom is -0.456 e. The van der Waals surface area contributed by atoms with Crippen LogP contribution in [0.3, 0.4) is 0 Å². The maximum Gasteiger partial charge on any atom is 0.164 e. The molecule has 0 saturated heterocycles. The summed E-state index contributed by atoms with van der Waals surface area (Å²) >= 11 is 1.76. The molecule has 10 rings (SSSR count). The zero-order valence-electron chi connectivity index (χ0n) is 30.2. The van der Waals surface area contributed by atoms with Crippen LogP contribution in [0, 0.1) is 0 Å². The van der Waals surface area contributed by atoms with Gasteiger partial charge >= 0.3 is 0 Å². The molecule has 3 heterocycles. The lowest BCUT2D eigenvalue weighted by molar-refractivity contribution is 0.669. The highest BCUT2D eigenvalue weighted by atomic mass is 32.1. The predicted octanol–water partition coefficient (Wildman–Crippen LogP) is 12.0. The summed E-state index contributed by atoms with van der Waals surface area (Å²) in [4.78, 5) is 15.1. The smallest absolute Gasteiger partial charge is 0.164 e. The van der Waals surface area contributed by atoms with Crippen LogP contribution in [0.15, 0.2) is 156 Å². The fourth-order valence-electron chi connectivity index (χ4n) is 6.60. The Morgan fingerprint density at radius 1 is 0.458 bits per heavy atom. The van der Waals surface area contributed by atoms with Crippen molar-refractivity contribution in [3.63, 3.8) is 0 Å².